The van der Waals surface area contributed by atoms with Gasteiger partial charge < -0.3 is 24.7 Å². The first-order valence-corrected chi connectivity index (χ1v) is 10.1. The standard InChI is InChI=1S/C22H26N4O4/c1-21(27-9-10-28-21)16-5-3-7-25-19(16)13-18(24)15(14-23)20-17(6-4-8-26-20)22(2)29-11-12-30-22/h3-8,15,18H,9-13,24H2,1-2H3. The van der Waals surface area contributed by atoms with Gasteiger partial charge in [0.2, 0.25) is 0 Å². The zero-order valence-corrected chi connectivity index (χ0v) is 17.2. The van der Waals surface area contributed by atoms with Gasteiger partial charge >= 0.3 is 0 Å². The second kappa shape index (κ2) is 8.38. The monoisotopic (exact) mass is 410 g/mol. The van der Waals surface area contributed by atoms with Crippen molar-refractivity contribution in [2.45, 2.75) is 43.8 Å². The van der Waals surface area contributed by atoms with Crippen LogP contribution in [-0.2, 0) is 36.9 Å². The van der Waals surface area contributed by atoms with E-state index in [4.69, 9.17) is 24.7 Å². The highest BCUT2D eigenvalue weighted by atomic mass is 16.7. The van der Waals surface area contributed by atoms with Gasteiger partial charge in [-0.1, -0.05) is 12.1 Å². The summed E-state index contributed by atoms with van der Waals surface area (Å²) in [6.07, 6.45) is 3.73. The molecule has 2 aromatic heterocycles. The lowest BCUT2D eigenvalue weighted by Crippen LogP contribution is -2.35. The van der Waals surface area contributed by atoms with Gasteiger partial charge in [-0.25, -0.2) is 0 Å². The number of aromatic nitrogens is 2. The molecule has 4 rings (SSSR count). The van der Waals surface area contributed by atoms with Gasteiger partial charge in [0.25, 0.3) is 0 Å². The van der Waals surface area contributed by atoms with E-state index in [1.807, 2.05) is 38.1 Å². The van der Waals surface area contributed by atoms with Gasteiger partial charge in [0.1, 0.15) is 5.92 Å². The number of rotatable bonds is 6. The second-order valence-electron chi connectivity index (χ2n) is 7.69. The summed E-state index contributed by atoms with van der Waals surface area (Å²) in [4.78, 5) is 9.00. The van der Waals surface area contributed by atoms with Crippen LogP contribution in [0.15, 0.2) is 36.7 Å². The highest BCUT2D eigenvalue weighted by molar-refractivity contribution is 5.34. The first-order chi connectivity index (χ1) is 14.5. The quantitative estimate of drug-likeness (QED) is 0.770. The van der Waals surface area contributed by atoms with Crippen molar-refractivity contribution >= 4 is 0 Å². The SMILES string of the molecule is CC1(c2cccnc2CC(N)C(C#N)c2ncccc2C2(C)OCCO2)OCCO1. The molecule has 2 saturated heterocycles. The van der Waals surface area contributed by atoms with Gasteiger partial charge in [-0.2, -0.15) is 5.26 Å². The third kappa shape index (κ3) is 3.83. The zero-order valence-electron chi connectivity index (χ0n) is 17.2. The van der Waals surface area contributed by atoms with Crippen LogP contribution in [0.2, 0.25) is 0 Å². The fourth-order valence-corrected chi connectivity index (χ4v) is 4.10. The lowest BCUT2D eigenvalue weighted by Gasteiger charge is -2.29. The van der Waals surface area contributed by atoms with Crippen molar-refractivity contribution in [3.05, 3.63) is 59.2 Å². The number of nitrogens with two attached hydrogens (primary N) is 1. The Kier molecular flexibility index (Phi) is 5.82. The van der Waals surface area contributed by atoms with Crippen LogP contribution in [0.1, 0.15) is 42.3 Å². The van der Waals surface area contributed by atoms with Crippen LogP contribution in [0, 0.1) is 11.3 Å². The van der Waals surface area contributed by atoms with Crippen molar-refractivity contribution in [2.24, 2.45) is 5.73 Å². The molecule has 2 unspecified atom stereocenters. The lowest BCUT2D eigenvalue weighted by molar-refractivity contribution is -0.150. The van der Waals surface area contributed by atoms with Gasteiger partial charge in [-0.3, -0.25) is 9.97 Å². The fourth-order valence-electron chi connectivity index (χ4n) is 4.10. The summed E-state index contributed by atoms with van der Waals surface area (Å²) in [6.45, 7) is 5.74. The molecular formula is C22H26N4O4. The predicted octanol–water partition coefficient (Wildman–Crippen LogP) is 2.09. The highest BCUT2D eigenvalue weighted by Gasteiger charge is 2.39. The van der Waals surface area contributed by atoms with Gasteiger partial charge in [-0.05, 0) is 26.0 Å². The zero-order chi connectivity index (χ0) is 21.2. The van der Waals surface area contributed by atoms with E-state index in [-0.39, 0.29) is 0 Å². The Hall–Kier alpha value is -2.41. The van der Waals surface area contributed by atoms with Gasteiger partial charge in [-0.15, -0.1) is 0 Å². The van der Waals surface area contributed by atoms with Crippen molar-refractivity contribution in [1.82, 2.24) is 9.97 Å². The number of nitrogens with zero attached hydrogens (tertiary/aromatic N) is 3. The van der Waals surface area contributed by atoms with E-state index in [0.717, 1.165) is 16.8 Å². The van der Waals surface area contributed by atoms with Crippen molar-refractivity contribution in [1.29, 1.82) is 5.26 Å². The number of ether oxygens (including phenoxy) is 4. The predicted molar refractivity (Wildman–Crippen MR) is 107 cm³/mol. The molecule has 2 aromatic rings. The summed E-state index contributed by atoms with van der Waals surface area (Å²) in [7, 11) is 0. The van der Waals surface area contributed by atoms with E-state index >= 15 is 0 Å². The third-order valence-electron chi connectivity index (χ3n) is 5.67. The minimum atomic E-state index is -0.937. The lowest BCUT2D eigenvalue weighted by atomic mass is 9.88. The Bertz CT molecular complexity index is 933. The maximum Gasteiger partial charge on any atom is 0.193 e. The molecule has 0 saturated carbocycles. The van der Waals surface area contributed by atoms with E-state index in [1.54, 1.807) is 12.4 Å². The maximum absolute atomic E-state index is 9.99. The molecule has 0 radical (unpaired) electrons. The molecule has 8 nitrogen and oxygen atoms in total. The number of hydrogen-bond acceptors (Lipinski definition) is 8. The third-order valence-corrected chi connectivity index (χ3v) is 5.67. The maximum atomic E-state index is 9.99. The molecule has 0 aromatic carbocycles. The van der Waals surface area contributed by atoms with Crippen molar-refractivity contribution in [3.8, 4) is 6.07 Å². The minimum absolute atomic E-state index is 0.366. The van der Waals surface area contributed by atoms with Gasteiger partial charge in [0.15, 0.2) is 11.6 Å². The summed E-state index contributed by atoms with van der Waals surface area (Å²) in [5, 5.41) is 9.99. The fraction of sp³-hybridized carbons (Fsp3) is 0.500. The summed E-state index contributed by atoms with van der Waals surface area (Å²) in [6, 6.07) is 9.23. The van der Waals surface area contributed by atoms with Crippen LogP contribution in [-0.4, -0.2) is 42.4 Å². The molecule has 2 aliphatic heterocycles. The molecule has 0 spiro atoms. The van der Waals surface area contributed by atoms with Crippen LogP contribution in [0.25, 0.3) is 0 Å². The smallest absolute Gasteiger partial charge is 0.193 e. The Balaban J connectivity index is 1.63. The minimum Gasteiger partial charge on any atom is -0.344 e. The second-order valence-corrected chi connectivity index (χ2v) is 7.69. The summed E-state index contributed by atoms with van der Waals surface area (Å²) >= 11 is 0. The number of nitriles is 1. The average Bonchev–Trinajstić information content (AvgIpc) is 3.39. The Labute approximate surface area is 175 Å². The molecular weight excluding hydrogens is 384 g/mol. The van der Waals surface area contributed by atoms with E-state index in [0.29, 0.717) is 38.5 Å². The molecule has 158 valence electrons. The number of pyridine rings is 2. The normalized spacial score (nSPS) is 21.8. The van der Waals surface area contributed by atoms with Gasteiger partial charge in [0.05, 0.1) is 43.9 Å². The molecule has 4 heterocycles. The largest absolute Gasteiger partial charge is 0.344 e. The molecule has 8 heteroatoms. The van der Waals surface area contributed by atoms with Crippen LogP contribution in [0.3, 0.4) is 0 Å². The topological polar surface area (TPSA) is 113 Å². The molecule has 2 fully saturated rings. The van der Waals surface area contributed by atoms with Crippen LogP contribution >= 0.6 is 0 Å². The molecule has 0 amide bonds. The van der Waals surface area contributed by atoms with E-state index < -0.39 is 23.5 Å². The van der Waals surface area contributed by atoms with Crippen LogP contribution < -0.4 is 5.73 Å². The van der Waals surface area contributed by atoms with E-state index in [1.165, 1.54) is 0 Å². The molecule has 0 bridgehead atoms. The number of hydrogen-bond donors (Lipinski definition) is 1. The summed E-state index contributed by atoms with van der Waals surface area (Å²) in [5.41, 5.74) is 9.40. The first kappa shape index (κ1) is 20.8. The van der Waals surface area contributed by atoms with Crippen LogP contribution in [0.4, 0.5) is 0 Å². The average molecular weight is 410 g/mol. The van der Waals surface area contributed by atoms with Crippen molar-refractivity contribution in [3.63, 3.8) is 0 Å². The Morgan fingerprint density at radius 1 is 0.967 bits per heavy atom. The molecule has 0 aliphatic carbocycles. The summed E-state index contributed by atoms with van der Waals surface area (Å²) in [5.74, 6) is -2.47. The van der Waals surface area contributed by atoms with Crippen molar-refractivity contribution < 1.29 is 18.9 Å². The van der Waals surface area contributed by atoms with Gasteiger partial charge in [0, 0.05) is 36.0 Å². The first-order valence-electron chi connectivity index (χ1n) is 10.1. The Morgan fingerprint density at radius 2 is 1.50 bits per heavy atom. The molecule has 2 aliphatic rings. The molecule has 30 heavy (non-hydrogen) atoms. The Morgan fingerprint density at radius 3 is 2.10 bits per heavy atom. The van der Waals surface area contributed by atoms with E-state index in [9.17, 15) is 5.26 Å². The summed E-state index contributed by atoms with van der Waals surface area (Å²) < 4.78 is 23.2. The molecule has 2 N–H and O–H groups in total. The van der Waals surface area contributed by atoms with Crippen molar-refractivity contribution in [2.75, 3.05) is 26.4 Å². The van der Waals surface area contributed by atoms with Crippen LogP contribution in [0.5, 0.6) is 0 Å². The molecule has 2 atom stereocenters. The highest BCUT2D eigenvalue weighted by Crippen LogP contribution is 2.37. The van der Waals surface area contributed by atoms with E-state index in [2.05, 4.69) is 16.0 Å².